The third-order valence-corrected chi connectivity index (χ3v) is 4.62. The number of carbonyl (C=O) groups is 1. The van der Waals surface area contributed by atoms with Crippen molar-refractivity contribution in [2.45, 2.75) is 6.42 Å². The first kappa shape index (κ1) is 17.1. The zero-order valence-electron chi connectivity index (χ0n) is 15.0. The van der Waals surface area contributed by atoms with Crippen LogP contribution in [0.25, 0.3) is 5.69 Å². The van der Waals surface area contributed by atoms with Gasteiger partial charge in [0.2, 0.25) is 0 Å². The summed E-state index contributed by atoms with van der Waals surface area (Å²) in [6.07, 6.45) is 3.85. The van der Waals surface area contributed by atoms with Gasteiger partial charge in [0, 0.05) is 12.5 Å². The van der Waals surface area contributed by atoms with Crippen molar-refractivity contribution < 1.29 is 14.3 Å². The van der Waals surface area contributed by atoms with Gasteiger partial charge in [-0.05, 0) is 30.2 Å². The first-order valence-electron chi connectivity index (χ1n) is 8.77. The van der Waals surface area contributed by atoms with Gasteiger partial charge in [0.25, 0.3) is 5.91 Å². The Hall–Kier alpha value is -3.35. The van der Waals surface area contributed by atoms with Crippen LogP contribution < -0.4 is 14.8 Å². The molecule has 7 nitrogen and oxygen atoms in total. The molecule has 27 heavy (non-hydrogen) atoms. The summed E-state index contributed by atoms with van der Waals surface area (Å²) < 4.78 is 12.8. The van der Waals surface area contributed by atoms with E-state index in [0.29, 0.717) is 24.4 Å². The first-order valence-corrected chi connectivity index (χ1v) is 8.77. The fraction of sp³-hybridized carbons (Fsp3) is 0.250. The highest BCUT2D eigenvalue weighted by atomic mass is 16.5. The normalized spacial score (nSPS) is 15.5. The summed E-state index contributed by atoms with van der Waals surface area (Å²) in [4.78, 5) is 16.7. The molecule has 0 spiro atoms. The maximum absolute atomic E-state index is 12.7. The third-order valence-electron chi connectivity index (χ3n) is 4.62. The van der Waals surface area contributed by atoms with Crippen LogP contribution in [0.1, 0.15) is 15.9 Å². The molecular formula is C20H20N4O3. The molecular weight excluding hydrogens is 344 g/mol. The number of hydrogen-bond acceptors (Lipinski definition) is 5. The van der Waals surface area contributed by atoms with Crippen molar-refractivity contribution in [3.63, 3.8) is 0 Å². The van der Waals surface area contributed by atoms with Crippen molar-refractivity contribution in [1.29, 1.82) is 0 Å². The Balaban J connectivity index is 1.44. The molecule has 0 radical (unpaired) electrons. The number of para-hydroxylation sites is 2. The molecule has 0 aliphatic carbocycles. The van der Waals surface area contributed by atoms with Crippen LogP contribution in [0.5, 0.6) is 11.5 Å². The summed E-state index contributed by atoms with van der Waals surface area (Å²) in [6, 6.07) is 13.2. The molecule has 1 aromatic heterocycles. The number of nitrogens with one attached hydrogen (secondary N) is 1. The molecule has 1 atom stereocenters. The molecule has 2 heterocycles. The number of methoxy groups -OCH3 is 1. The summed E-state index contributed by atoms with van der Waals surface area (Å²) in [5.41, 5.74) is 2.35. The molecule has 0 saturated carbocycles. The molecule has 1 N–H and O–H groups in total. The third kappa shape index (κ3) is 3.48. The van der Waals surface area contributed by atoms with Crippen LogP contribution in [0.3, 0.4) is 0 Å². The lowest BCUT2D eigenvalue weighted by Crippen LogP contribution is -2.35. The molecule has 3 aromatic rings. The fourth-order valence-corrected chi connectivity index (χ4v) is 3.28. The van der Waals surface area contributed by atoms with Gasteiger partial charge in [0.1, 0.15) is 12.7 Å². The van der Waals surface area contributed by atoms with Gasteiger partial charge in [-0.15, -0.1) is 0 Å². The Morgan fingerprint density at radius 3 is 3.00 bits per heavy atom. The number of carbonyl (C=O) groups excluding carboxylic acids is 1. The molecule has 138 valence electrons. The number of hydrogen-bond donors (Lipinski definition) is 1. The predicted molar refractivity (Wildman–Crippen MR) is 99.4 cm³/mol. The lowest BCUT2D eigenvalue weighted by atomic mass is 9.96. The van der Waals surface area contributed by atoms with Crippen molar-refractivity contribution in [2.24, 2.45) is 5.92 Å². The molecule has 0 fully saturated rings. The standard InChI is InChI=1S/C20H20N4O3/c1-26-18-8-4-5-15-9-14(11-27-19(15)18)10-22-20(25)16-6-2-3-7-17(16)24-13-21-12-23-24/h2-8,12-14H,9-11H2,1H3,(H,22,25)/t14-/m1/s1. The van der Waals surface area contributed by atoms with Gasteiger partial charge in [-0.1, -0.05) is 24.3 Å². The van der Waals surface area contributed by atoms with Crippen LogP contribution >= 0.6 is 0 Å². The van der Waals surface area contributed by atoms with Crippen LogP contribution in [0.4, 0.5) is 0 Å². The molecule has 1 aliphatic rings. The highest BCUT2D eigenvalue weighted by Gasteiger charge is 2.23. The monoisotopic (exact) mass is 364 g/mol. The summed E-state index contributed by atoms with van der Waals surface area (Å²) in [7, 11) is 1.64. The average Bonchev–Trinajstić information content (AvgIpc) is 3.26. The number of ether oxygens (including phenoxy) is 2. The van der Waals surface area contributed by atoms with E-state index >= 15 is 0 Å². The Morgan fingerprint density at radius 2 is 2.19 bits per heavy atom. The quantitative estimate of drug-likeness (QED) is 0.751. The summed E-state index contributed by atoms with van der Waals surface area (Å²) in [5.74, 6) is 1.61. The lowest BCUT2D eigenvalue weighted by molar-refractivity contribution is 0.0938. The zero-order valence-corrected chi connectivity index (χ0v) is 15.0. The van der Waals surface area contributed by atoms with Crippen molar-refractivity contribution in [1.82, 2.24) is 20.1 Å². The highest BCUT2D eigenvalue weighted by molar-refractivity contribution is 5.97. The maximum Gasteiger partial charge on any atom is 0.253 e. The average molecular weight is 364 g/mol. The van der Waals surface area contributed by atoms with E-state index in [-0.39, 0.29) is 11.8 Å². The smallest absolute Gasteiger partial charge is 0.253 e. The SMILES string of the molecule is COc1cccc2c1OC[C@@H](CNC(=O)c1ccccc1-n1cncn1)C2. The van der Waals surface area contributed by atoms with Gasteiger partial charge in [0.05, 0.1) is 25.0 Å². The van der Waals surface area contributed by atoms with E-state index in [9.17, 15) is 4.79 Å². The second kappa shape index (κ2) is 7.49. The van der Waals surface area contributed by atoms with Crippen LogP contribution in [-0.2, 0) is 6.42 Å². The van der Waals surface area contributed by atoms with E-state index in [1.165, 1.54) is 6.33 Å². The van der Waals surface area contributed by atoms with Crippen molar-refractivity contribution in [2.75, 3.05) is 20.3 Å². The molecule has 0 saturated heterocycles. The van der Waals surface area contributed by atoms with Gasteiger partial charge in [0.15, 0.2) is 11.5 Å². The minimum absolute atomic E-state index is 0.141. The van der Waals surface area contributed by atoms with Gasteiger partial charge in [-0.2, -0.15) is 5.10 Å². The van der Waals surface area contributed by atoms with E-state index in [0.717, 1.165) is 23.5 Å². The molecule has 0 bridgehead atoms. The number of amides is 1. The second-order valence-electron chi connectivity index (χ2n) is 6.40. The predicted octanol–water partition coefficient (Wildman–Crippen LogP) is 2.26. The first-order chi connectivity index (χ1) is 13.3. The largest absolute Gasteiger partial charge is 0.493 e. The van der Waals surface area contributed by atoms with E-state index in [2.05, 4.69) is 15.4 Å². The van der Waals surface area contributed by atoms with Crippen molar-refractivity contribution >= 4 is 5.91 Å². The van der Waals surface area contributed by atoms with Crippen LogP contribution in [0, 0.1) is 5.92 Å². The van der Waals surface area contributed by atoms with Crippen LogP contribution in [0.2, 0.25) is 0 Å². The van der Waals surface area contributed by atoms with Crippen molar-refractivity contribution in [3.05, 3.63) is 66.2 Å². The van der Waals surface area contributed by atoms with E-state index in [4.69, 9.17) is 9.47 Å². The lowest BCUT2D eigenvalue weighted by Gasteiger charge is -2.26. The van der Waals surface area contributed by atoms with E-state index in [1.807, 2.05) is 36.4 Å². The number of benzene rings is 2. The van der Waals surface area contributed by atoms with E-state index < -0.39 is 0 Å². The summed E-state index contributed by atoms with van der Waals surface area (Å²) >= 11 is 0. The molecule has 1 aliphatic heterocycles. The number of rotatable bonds is 5. The molecule has 4 rings (SSSR count). The van der Waals surface area contributed by atoms with Gasteiger partial charge < -0.3 is 14.8 Å². The van der Waals surface area contributed by atoms with Crippen molar-refractivity contribution in [3.8, 4) is 17.2 Å². The molecule has 1 amide bonds. The zero-order chi connectivity index (χ0) is 18.6. The highest BCUT2D eigenvalue weighted by Crippen LogP contribution is 2.35. The molecule has 2 aromatic carbocycles. The van der Waals surface area contributed by atoms with Gasteiger partial charge in [-0.3, -0.25) is 4.79 Å². The number of aromatic nitrogens is 3. The second-order valence-corrected chi connectivity index (χ2v) is 6.40. The molecule has 0 unspecified atom stereocenters. The molecule has 7 heteroatoms. The van der Waals surface area contributed by atoms with Crippen LogP contribution in [0.15, 0.2) is 55.1 Å². The minimum Gasteiger partial charge on any atom is -0.493 e. The van der Waals surface area contributed by atoms with Gasteiger partial charge in [-0.25, -0.2) is 9.67 Å². The summed E-state index contributed by atoms with van der Waals surface area (Å²) in [6.45, 7) is 1.07. The Labute approximate surface area is 156 Å². The Kier molecular flexibility index (Phi) is 4.74. The minimum atomic E-state index is -0.141. The Bertz CT molecular complexity index is 940. The van der Waals surface area contributed by atoms with E-state index in [1.54, 1.807) is 24.2 Å². The van der Waals surface area contributed by atoms with Crippen LogP contribution in [-0.4, -0.2) is 40.9 Å². The maximum atomic E-state index is 12.7. The number of nitrogens with zero attached hydrogens (tertiary/aromatic N) is 3. The Morgan fingerprint density at radius 1 is 1.30 bits per heavy atom. The fourth-order valence-electron chi connectivity index (χ4n) is 3.28. The summed E-state index contributed by atoms with van der Waals surface area (Å²) in [5, 5.41) is 7.13. The van der Waals surface area contributed by atoms with Gasteiger partial charge >= 0.3 is 0 Å². The number of fused-ring (bicyclic) bond motifs is 1. The topological polar surface area (TPSA) is 78.3 Å².